The van der Waals surface area contributed by atoms with Gasteiger partial charge in [0.1, 0.15) is 0 Å². The molecule has 0 bridgehead atoms. The lowest BCUT2D eigenvalue weighted by Crippen LogP contribution is -2.40. The molecule has 0 aliphatic heterocycles. The summed E-state index contributed by atoms with van der Waals surface area (Å²) >= 11 is 0. The van der Waals surface area contributed by atoms with Crippen LogP contribution in [-0.4, -0.2) is 26.8 Å². The molecule has 0 rings (SSSR count). The van der Waals surface area contributed by atoms with Gasteiger partial charge in [0.2, 0.25) is 0 Å². The van der Waals surface area contributed by atoms with Gasteiger partial charge >= 0.3 is 8.80 Å². The van der Waals surface area contributed by atoms with Crippen molar-refractivity contribution in [2.75, 3.05) is 6.61 Å². The molecule has 0 amide bonds. The van der Waals surface area contributed by atoms with Crippen LogP contribution >= 0.6 is 0 Å². The Labute approximate surface area is 118 Å². The molecule has 0 aliphatic rings. The highest BCUT2D eigenvalue weighted by Gasteiger charge is 2.41. The fraction of sp³-hybridized carbons (Fsp3) is 0.846. The summed E-state index contributed by atoms with van der Waals surface area (Å²) in [4.78, 5) is 0. The van der Waals surface area contributed by atoms with E-state index in [9.17, 15) is 0 Å². The summed E-state index contributed by atoms with van der Waals surface area (Å²) in [5.41, 5.74) is 1.89. The minimum absolute atomic E-state index is 0.521. The molecule has 0 heterocycles. The average molecular weight is 288 g/mol. The first-order valence-electron chi connectivity index (χ1n) is 7.04. The van der Waals surface area contributed by atoms with Crippen molar-refractivity contribution in [1.82, 2.24) is 0 Å². The molecular formula is C13H28N2O3Si. The van der Waals surface area contributed by atoms with E-state index in [-0.39, 0.29) is 0 Å². The van der Waals surface area contributed by atoms with Crippen LogP contribution in [0.15, 0.2) is 10.3 Å². The molecule has 0 aliphatic carbocycles. The van der Waals surface area contributed by atoms with Gasteiger partial charge in [0.25, 0.3) is 0 Å². The molecule has 0 spiro atoms. The molecule has 0 fully saturated rings. The van der Waals surface area contributed by atoms with Gasteiger partial charge in [0, 0.05) is 13.2 Å². The maximum Gasteiger partial charge on any atom is 0.670 e. The minimum atomic E-state index is -2.81. The molecule has 0 radical (unpaired) electrons. The number of oxime groups is 2. The summed E-state index contributed by atoms with van der Waals surface area (Å²) in [7, 11) is -2.81. The molecule has 0 atom stereocenters. The van der Waals surface area contributed by atoms with E-state index in [1.165, 1.54) is 0 Å². The molecule has 0 aromatic carbocycles. The van der Waals surface area contributed by atoms with Gasteiger partial charge in [-0.3, -0.25) is 0 Å². The lowest BCUT2D eigenvalue weighted by molar-refractivity contribution is 0.0742. The van der Waals surface area contributed by atoms with Crippen LogP contribution in [-0.2, 0) is 13.5 Å². The van der Waals surface area contributed by atoms with Crippen LogP contribution in [0.2, 0.25) is 6.55 Å². The Hall–Kier alpha value is -0.883. The summed E-state index contributed by atoms with van der Waals surface area (Å²) in [6.07, 6.45) is 3.91. The van der Waals surface area contributed by atoms with Crippen molar-refractivity contribution < 1.29 is 13.5 Å². The van der Waals surface area contributed by atoms with Crippen LogP contribution in [0.3, 0.4) is 0 Å². The third-order valence-electron chi connectivity index (χ3n) is 2.36. The van der Waals surface area contributed by atoms with Gasteiger partial charge < -0.3 is 13.5 Å². The molecule has 19 heavy (non-hydrogen) atoms. The predicted molar refractivity (Wildman–Crippen MR) is 81.4 cm³/mol. The molecule has 112 valence electrons. The Morgan fingerprint density at radius 1 is 0.895 bits per heavy atom. The van der Waals surface area contributed by atoms with Gasteiger partial charge in [-0.15, -0.1) is 10.3 Å². The van der Waals surface area contributed by atoms with E-state index in [0.29, 0.717) is 6.61 Å². The Morgan fingerprint density at radius 2 is 1.32 bits per heavy atom. The van der Waals surface area contributed by atoms with E-state index < -0.39 is 8.80 Å². The second kappa shape index (κ2) is 9.97. The van der Waals surface area contributed by atoms with Gasteiger partial charge in [-0.1, -0.05) is 26.7 Å². The van der Waals surface area contributed by atoms with Gasteiger partial charge in [-0.25, -0.2) is 0 Å². The molecule has 6 heteroatoms. The summed E-state index contributed by atoms with van der Waals surface area (Å²) in [5.74, 6) is 0. The van der Waals surface area contributed by atoms with Crippen LogP contribution in [0.4, 0.5) is 0 Å². The maximum atomic E-state index is 5.57. The van der Waals surface area contributed by atoms with Gasteiger partial charge in [-0.2, -0.15) is 0 Å². The second-order valence-electron chi connectivity index (χ2n) is 4.63. The number of nitrogens with zero attached hydrogens (tertiary/aromatic N) is 2. The van der Waals surface area contributed by atoms with Crippen LogP contribution in [0, 0.1) is 0 Å². The zero-order chi connectivity index (χ0) is 14.7. The van der Waals surface area contributed by atoms with Crippen molar-refractivity contribution in [2.24, 2.45) is 10.3 Å². The number of hydrogen-bond acceptors (Lipinski definition) is 5. The highest BCUT2D eigenvalue weighted by atomic mass is 28.4. The summed E-state index contributed by atoms with van der Waals surface area (Å²) in [6, 6.07) is 0. The van der Waals surface area contributed by atoms with E-state index in [2.05, 4.69) is 24.2 Å². The third kappa shape index (κ3) is 8.77. The Morgan fingerprint density at radius 3 is 1.63 bits per heavy atom. The van der Waals surface area contributed by atoms with Crippen LogP contribution in [0.25, 0.3) is 0 Å². The fourth-order valence-electron chi connectivity index (χ4n) is 1.47. The number of rotatable bonds is 10. The molecule has 0 aromatic rings. The zero-order valence-corrected chi connectivity index (χ0v) is 14.2. The lowest BCUT2D eigenvalue weighted by Gasteiger charge is -2.20. The first-order valence-corrected chi connectivity index (χ1v) is 9.27. The average Bonchev–Trinajstić information content (AvgIpc) is 2.36. The van der Waals surface area contributed by atoms with E-state index in [1.807, 2.05) is 27.3 Å². The summed E-state index contributed by atoms with van der Waals surface area (Å²) < 4.78 is 16.5. The van der Waals surface area contributed by atoms with Crippen molar-refractivity contribution in [3.05, 3.63) is 0 Å². The summed E-state index contributed by atoms with van der Waals surface area (Å²) in [6.45, 7) is 12.3. The smallest absolute Gasteiger partial charge is 0.383 e. The highest BCUT2D eigenvalue weighted by Crippen LogP contribution is 2.12. The Bertz CT molecular complexity index is 282. The summed E-state index contributed by atoms with van der Waals surface area (Å²) in [5, 5.41) is 8.18. The SMILES string of the molecule is CCCC(C)=NO[Si](C)(OCC)ON=C(C)CCC. The fourth-order valence-corrected chi connectivity index (χ4v) is 2.77. The molecule has 0 unspecified atom stereocenters. The zero-order valence-electron chi connectivity index (χ0n) is 13.2. The van der Waals surface area contributed by atoms with E-state index in [0.717, 1.165) is 37.1 Å². The third-order valence-corrected chi connectivity index (χ3v) is 4.02. The van der Waals surface area contributed by atoms with Gasteiger partial charge in [0.15, 0.2) is 0 Å². The van der Waals surface area contributed by atoms with Gasteiger partial charge in [0.05, 0.1) is 11.4 Å². The van der Waals surface area contributed by atoms with Crippen LogP contribution in [0.5, 0.6) is 0 Å². The van der Waals surface area contributed by atoms with Crippen molar-refractivity contribution in [3.8, 4) is 0 Å². The molecule has 0 saturated heterocycles. The minimum Gasteiger partial charge on any atom is -0.383 e. The molecule has 0 saturated carbocycles. The van der Waals surface area contributed by atoms with Crippen molar-refractivity contribution in [3.63, 3.8) is 0 Å². The molecule has 5 nitrogen and oxygen atoms in total. The van der Waals surface area contributed by atoms with Crippen molar-refractivity contribution in [2.45, 2.75) is 66.8 Å². The van der Waals surface area contributed by atoms with Crippen molar-refractivity contribution in [1.29, 1.82) is 0 Å². The standard InChI is InChI=1S/C13H28N2O3Si/c1-7-10-12(4)14-17-19(6,16-9-3)18-15-13(5)11-8-2/h7-11H2,1-6H3. The predicted octanol–water partition coefficient (Wildman–Crippen LogP) is 3.98. The van der Waals surface area contributed by atoms with E-state index >= 15 is 0 Å². The first kappa shape index (κ1) is 18.1. The molecular weight excluding hydrogens is 260 g/mol. The first-order chi connectivity index (χ1) is 8.97. The highest BCUT2D eigenvalue weighted by molar-refractivity contribution is 6.59. The van der Waals surface area contributed by atoms with Crippen LogP contribution in [0.1, 0.15) is 60.3 Å². The van der Waals surface area contributed by atoms with Crippen LogP contribution < -0.4 is 0 Å². The lowest BCUT2D eigenvalue weighted by atomic mass is 10.2. The largest absolute Gasteiger partial charge is 0.670 e. The Balaban J connectivity index is 4.57. The van der Waals surface area contributed by atoms with Gasteiger partial charge in [-0.05, 0) is 33.6 Å². The second-order valence-corrected chi connectivity index (χ2v) is 7.01. The topological polar surface area (TPSA) is 52.4 Å². The quantitative estimate of drug-likeness (QED) is 0.347. The monoisotopic (exact) mass is 288 g/mol. The normalized spacial score (nSPS) is 16.1. The van der Waals surface area contributed by atoms with E-state index in [4.69, 9.17) is 13.5 Å². The van der Waals surface area contributed by atoms with Crippen molar-refractivity contribution >= 4 is 20.2 Å². The van der Waals surface area contributed by atoms with E-state index in [1.54, 1.807) is 0 Å². The molecule has 0 N–H and O–H groups in total. The number of hydrogen-bond donors (Lipinski definition) is 0. The maximum absolute atomic E-state index is 5.57. The molecule has 0 aromatic heterocycles. The Kier molecular flexibility index (Phi) is 9.51.